The molecule has 1 saturated carbocycles. The fourth-order valence-electron chi connectivity index (χ4n) is 4.07. The Hall–Kier alpha value is -3.40. The quantitative estimate of drug-likeness (QED) is 0.620. The first-order chi connectivity index (χ1) is 14.9. The number of fused-ring (bicyclic) bond motifs is 1. The highest BCUT2D eigenvalue weighted by molar-refractivity contribution is 5.99. The molecule has 3 N–H and O–H groups in total. The number of benzene rings is 1. The number of nitrogens with two attached hydrogens (primary N) is 1. The summed E-state index contributed by atoms with van der Waals surface area (Å²) in [6.07, 6.45) is -2.02. The molecule has 1 fully saturated rings. The molecule has 2 atom stereocenters. The van der Waals surface area contributed by atoms with E-state index in [1.807, 2.05) is 0 Å². The van der Waals surface area contributed by atoms with Crippen LogP contribution < -0.4 is 5.73 Å². The highest BCUT2D eigenvalue weighted by atomic mass is 19.3. The molecule has 1 aromatic carbocycles. The lowest BCUT2D eigenvalue weighted by Gasteiger charge is -2.31. The Morgan fingerprint density at radius 3 is 2.68 bits per heavy atom. The number of alkyl halides is 2. The van der Waals surface area contributed by atoms with Crippen molar-refractivity contribution in [3.05, 3.63) is 59.1 Å². The molecule has 1 aliphatic heterocycles. The van der Waals surface area contributed by atoms with Gasteiger partial charge in [-0.2, -0.15) is 8.78 Å². The number of aromatic nitrogens is 3. The number of halogens is 2. The average Bonchev–Trinajstić information content (AvgIpc) is 3.36. The van der Waals surface area contributed by atoms with E-state index in [4.69, 9.17) is 10.2 Å². The number of carbonyl (C=O) groups excluding carboxylic acids is 1. The Kier molecular flexibility index (Phi) is 4.66. The van der Waals surface area contributed by atoms with Crippen molar-refractivity contribution in [1.82, 2.24) is 20.1 Å². The zero-order valence-corrected chi connectivity index (χ0v) is 16.3. The molecule has 0 saturated heterocycles. The van der Waals surface area contributed by atoms with Gasteiger partial charge in [0.2, 0.25) is 5.89 Å². The molecule has 0 radical (unpaired) electrons. The van der Waals surface area contributed by atoms with Gasteiger partial charge in [-0.3, -0.25) is 4.79 Å². The third-order valence-corrected chi connectivity index (χ3v) is 5.70. The Morgan fingerprint density at radius 2 is 2.00 bits per heavy atom. The minimum Gasteiger partial charge on any atom is -0.415 e. The minimum absolute atomic E-state index is 0.0768. The number of nitrogens with zero attached hydrogens (tertiary/aromatic N) is 4. The van der Waals surface area contributed by atoms with Crippen LogP contribution in [0.15, 0.2) is 40.8 Å². The van der Waals surface area contributed by atoms with E-state index in [1.54, 1.807) is 41.3 Å². The van der Waals surface area contributed by atoms with E-state index in [9.17, 15) is 18.7 Å². The molecule has 2 aromatic heterocycles. The molecular formula is C21H19F2N5O3. The lowest BCUT2D eigenvalue weighted by molar-refractivity contribution is 0.0277. The highest BCUT2D eigenvalue weighted by Crippen LogP contribution is 2.44. The lowest BCUT2D eigenvalue weighted by atomic mass is 10.0. The third kappa shape index (κ3) is 3.52. The van der Waals surface area contributed by atoms with Gasteiger partial charge in [-0.1, -0.05) is 12.1 Å². The fourth-order valence-corrected chi connectivity index (χ4v) is 4.07. The standard InChI is InChI=1S/C21H19F2N5O3/c22-18(23)20-27-26-19(31-20)11-6-7-12-9-28(21(30)13(12)8-11)16(10-4-5-10)17(29)14-2-1-3-15(24)25-14/h1-3,6-8,10,16-18,29H,4-5,9H2,(H2,24,25)/t16-,17+/m1/s1. The van der Waals surface area contributed by atoms with Crippen LogP contribution >= 0.6 is 0 Å². The topological polar surface area (TPSA) is 118 Å². The predicted octanol–water partition coefficient (Wildman–Crippen LogP) is 3.12. The molecule has 2 aliphatic rings. The van der Waals surface area contributed by atoms with Crippen LogP contribution in [0.3, 0.4) is 0 Å². The van der Waals surface area contributed by atoms with E-state index in [2.05, 4.69) is 15.2 Å². The van der Waals surface area contributed by atoms with Crippen LogP contribution in [0.2, 0.25) is 0 Å². The maximum absolute atomic E-state index is 13.3. The number of aliphatic hydroxyl groups excluding tert-OH is 1. The molecule has 8 nitrogen and oxygen atoms in total. The van der Waals surface area contributed by atoms with Gasteiger partial charge in [0.1, 0.15) is 11.9 Å². The molecule has 1 amide bonds. The molecule has 5 rings (SSSR count). The smallest absolute Gasteiger partial charge is 0.314 e. The van der Waals surface area contributed by atoms with E-state index in [1.165, 1.54) is 0 Å². The number of anilines is 1. The molecule has 1 aliphatic carbocycles. The summed E-state index contributed by atoms with van der Waals surface area (Å²) >= 11 is 0. The number of pyridine rings is 1. The molecule has 0 bridgehead atoms. The summed E-state index contributed by atoms with van der Waals surface area (Å²) in [4.78, 5) is 19.1. The maximum Gasteiger partial charge on any atom is 0.314 e. The van der Waals surface area contributed by atoms with Crippen molar-refractivity contribution in [2.45, 2.75) is 38.0 Å². The van der Waals surface area contributed by atoms with Crippen LogP contribution in [0.1, 0.15) is 52.9 Å². The van der Waals surface area contributed by atoms with Crippen LogP contribution in [0.5, 0.6) is 0 Å². The minimum atomic E-state index is -2.87. The van der Waals surface area contributed by atoms with Gasteiger partial charge in [-0.15, -0.1) is 10.2 Å². The Balaban J connectivity index is 1.44. The van der Waals surface area contributed by atoms with Gasteiger partial charge < -0.3 is 20.2 Å². The van der Waals surface area contributed by atoms with Crippen LogP contribution in [0.4, 0.5) is 14.6 Å². The summed E-state index contributed by atoms with van der Waals surface area (Å²) in [7, 11) is 0. The first-order valence-corrected chi connectivity index (χ1v) is 9.88. The second-order valence-corrected chi connectivity index (χ2v) is 7.81. The third-order valence-electron chi connectivity index (χ3n) is 5.70. The number of hydrogen-bond donors (Lipinski definition) is 2. The molecular weight excluding hydrogens is 408 g/mol. The van der Waals surface area contributed by atoms with E-state index in [0.717, 1.165) is 18.4 Å². The van der Waals surface area contributed by atoms with Gasteiger partial charge in [0, 0.05) is 17.7 Å². The van der Waals surface area contributed by atoms with Crippen molar-refractivity contribution in [1.29, 1.82) is 0 Å². The predicted molar refractivity (Wildman–Crippen MR) is 105 cm³/mol. The maximum atomic E-state index is 13.3. The van der Waals surface area contributed by atoms with Crippen molar-refractivity contribution in [2.75, 3.05) is 5.73 Å². The van der Waals surface area contributed by atoms with Crippen molar-refractivity contribution in [2.24, 2.45) is 5.92 Å². The summed E-state index contributed by atoms with van der Waals surface area (Å²) in [6.45, 7) is 0.334. The zero-order chi connectivity index (χ0) is 21.7. The van der Waals surface area contributed by atoms with E-state index in [-0.39, 0.29) is 17.7 Å². The summed E-state index contributed by atoms with van der Waals surface area (Å²) in [6, 6.07) is 9.57. The normalized spacial score (nSPS) is 17.8. The number of aliphatic hydroxyl groups is 1. The largest absolute Gasteiger partial charge is 0.415 e. The molecule has 3 heterocycles. The van der Waals surface area contributed by atoms with E-state index >= 15 is 0 Å². The van der Waals surface area contributed by atoms with Crippen LogP contribution in [-0.2, 0) is 6.54 Å². The summed E-state index contributed by atoms with van der Waals surface area (Å²) < 4.78 is 30.5. The van der Waals surface area contributed by atoms with Crippen LogP contribution in [0.25, 0.3) is 11.5 Å². The Bertz CT molecular complexity index is 1150. The summed E-state index contributed by atoms with van der Waals surface area (Å²) in [5.74, 6) is -0.623. The van der Waals surface area contributed by atoms with Crippen molar-refractivity contribution >= 4 is 11.7 Å². The Morgan fingerprint density at radius 1 is 1.19 bits per heavy atom. The second kappa shape index (κ2) is 7.38. The molecule has 160 valence electrons. The number of amides is 1. The SMILES string of the molecule is Nc1cccc([C@H](O)[C@@H](C2CC2)N2Cc3ccc(-c4nnc(C(F)F)o4)cc3C2=O)n1. The molecule has 31 heavy (non-hydrogen) atoms. The van der Waals surface area contributed by atoms with Gasteiger partial charge >= 0.3 is 6.43 Å². The summed E-state index contributed by atoms with van der Waals surface area (Å²) in [5, 5.41) is 18.0. The molecule has 3 aromatic rings. The van der Waals surface area contributed by atoms with Gasteiger partial charge in [0.05, 0.1) is 11.7 Å². The number of rotatable bonds is 6. The van der Waals surface area contributed by atoms with Crippen molar-refractivity contribution in [3.63, 3.8) is 0 Å². The van der Waals surface area contributed by atoms with Gasteiger partial charge in [-0.05, 0) is 48.6 Å². The highest BCUT2D eigenvalue weighted by Gasteiger charge is 2.45. The van der Waals surface area contributed by atoms with Gasteiger partial charge in [-0.25, -0.2) is 4.98 Å². The number of hydrogen-bond acceptors (Lipinski definition) is 7. The fraction of sp³-hybridized carbons (Fsp3) is 0.333. The van der Waals surface area contributed by atoms with Crippen LogP contribution in [0, 0.1) is 5.92 Å². The monoisotopic (exact) mass is 427 g/mol. The van der Waals surface area contributed by atoms with E-state index in [0.29, 0.717) is 29.2 Å². The molecule has 0 unspecified atom stereocenters. The lowest BCUT2D eigenvalue weighted by Crippen LogP contribution is -2.41. The van der Waals surface area contributed by atoms with Crippen molar-refractivity contribution in [3.8, 4) is 11.5 Å². The van der Waals surface area contributed by atoms with Gasteiger partial charge in [0.25, 0.3) is 11.8 Å². The Labute approximate surface area is 175 Å². The van der Waals surface area contributed by atoms with Crippen molar-refractivity contribution < 1.29 is 23.1 Å². The number of carbonyl (C=O) groups is 1. The number of nitrogen functional groups attached to an aromatic ring is 1. The van der Waals surface area contributed by atoms with Crippen LogP contribution in [-0.4, -0.2) is 37.1 Å². The zero-order valence-electron chi connectivity index (χ0n) is 16.3. The second-order valence-electron chi connectivity index (χ2n) is 7.81. The van der Waals surface area contributed by atoms with E-state index < -0.39 is 24.5 Å². The molecule has 0 spiro atoms. The first kappa shape index (κ1) is 19.6. The molecule has 10 heteroatoms. The average molecular weight is 427 g/mol. The first-order valence-electron chi connectivity index (χ1n) is 9.88. The summed E-state index contributed by atoms with van der Waals surface area (Å²) in [5.41, 5.74) is 7.77. The van der Waals surface area contributed by atoms with Gasteiger partial charge in [0.15, 0.2) is 0 Å².